The van der Waals surface area contributed by atoms with Crippen LogP contribution in [0, 0.1) is 0 Å². The Bertz CT molecular complexity index is 679. The van der Waals surface area contributed by atoms with Crippen LogP contribution in [0.25, 0.3) is 16.8 Å². The molecule has 5 nitrogen and oxygen atoms in total. The van der Waals surface area contributed by atoms with Gasteiger partial charge < -0.3 is 14.2 Å². The van der Waals surface area contributed by atoms with E-state index in [2.05, 4.69) is 4.98 Å². The number of benzene rings is 1. The average Bonchev–Trinajstić information content (AvgIpc) is 2.51. The molecule has 110 valence electrons. The van der Waals surface area contributed by atoms with Gasteiger partial charge in [-0.05, 0) is 36.6 Å². The van der Waals surface area contributed by atoms with E-state index in [0.29, 0.717) is 23.8 Å². The van der Waals surface area contributed by atoms with Crippen LogP contribution in [0.3, 0.4) is 0 Å². The van der Waals surface area contributed by atoms with E-state index < -0.39 is 5.97 Å². The van der Waals surface area contributed by atoms with Gasteiger partial charge in [0.15, 0.2) is 11.5 Å². The van der Waals surface area contributed by atoms with Gasteiger partial charge in [-0.15, -0.1) is 0 Å². The van der Waals surface area contributed by atoms with Gasteiger partial charge in [-0.1, -0.05) is 0 Å². The minimum absolute atomic E-state index is 0.344. The molecule has 0 aliphatic carbocycles. The fraction of sp³-hybridized carbons (Fsp3) is 0.250. The van der Waals surface area contributed by atoms with Crippen molar-refractivity contribution in [2.24, 2.45) is 0 Å². The predicted octanol–water partition coefficient (Wildman–Crippen LogP) is 2.83. The van der Waals surface area contributed by atoms with Gasteiger partial charge in [-0.25, -0.2) is 4.79 Å². The molecule has 2 rings (SSSR count). The summed E-state index contributed by atoms with van der Waals surface area (Å²) in [7, 11) is 3.17. The van der Waals surface area contributed by atoms with Crippen molar-refractivity contribution >= 4 is 22.8 Å². The van der Waals surface area contributed by atoms with E-state index in [1.807, 2.05) is 18.2 Å². The number of hydrogen-bond acceptors (Lipinski definition) is 5. The number of rotatable bonds is 5. The Morgan fingerprint density at radius 2 is 1.95 bits per heavy atom. The van der Waals surface area contributed by atoms with Crippen molar-refractivity contribution in [2.75, 3.05) is 20.8 Å². The summed E-state index contributed by atoms with van der Waals surface area (Å²) in [6.45, 7) is 2.11. The SMILES string of the molecule is CCOC(=O)/C=C/c1nccc2cc(OC)c(OC)cc12. The zero-order valence-electron chi connectivity index (χ0n) is 12.3. The van der Waals surface area contributed by atoms with Crippen molar-refractivity contribution in [2.45, 2.75) is 6.92 Å². The van der Waals surface area contributed by atoms with Crippen molar-refractivity contribution < 1.29 is 19.0 Å². The summed E-state index contributed by atoms with van der Waals surface area (Å²) >= 11 is 0. The number of nitrogens with zero attached hydrogens (tertiary/aromatic N) is 1. The highest BCUT2D eigenvalue weighted by Crippen LogP contribution is 2.33. The van der Waals surface area contributed by atoms with Gasteiger partial charge in [0.2, 0.25) is 0 Å². The Morgan fingerprint density at radius 3 is 2.62 bits per heavy atom. The molecule has 2 aromatic rings. The fourth-order valence-electron chi connectivity index (χ4n) is 1.99. The zero-order chi connectivity index (χ0) is 15.2. The first-order chi connectivity index (χ1) is 10.2. The summed E-state index contributed by atoms with van der Waals surface area (Å²) in [5, 5.41) is 1.82. The number of methoxy groups -OCH3 is 2. The lowest BCUT2D eigenvalue weighted by Gasteiger charge is -2.10. The number of carbonyl (C=O) groups excluding carboxylic acids is 1. The van der Waals surface area contributed by atoms with Crippen LogP contribution in [-0.4, -0.2) is 31.8 Å². The quantitative estimate of drug-likeness (QED) is 0.625. The smallest absolute Gasteiger partial charge is 0.330 e. The molecule has 0 spiro atoms. The van der Waals surface area contributed by atoms with Crippen LogP contribution in [0.5, 0.6) is 11.5 Å². The van der Waals surface area contributed by atoms with E-state index in [9.17, 15) is 4.79 Å². The number of aromatic nitrogens is 1. The van der Waals surface area contributed by atoms with Gasteiger partial charge in [0.1, 0.15) is 0 Å². The molecule has 0 amide bonds. The first-order valence-corrected chi connectivity index (χ1v) is 6.55. The lowest BCUT2D eigenvalue weighted by Crippen LogP contribution is -1.99. The Morgan fingerprint density at radius 1 is 1.24 bits per heavy atom. The molecular formula is C16H17NO4. The lowest BCUT2D eigenvalue weighted by molar-refractivity contribution is -0.137. The highest BCUT2D eigenvalue weighted by molar-refractivity contribution is 5.95. The van der Waals surface area contributed by atoms with Gasteiger partial charge in [0.05, 0.1) is 26.5 Å². The van der Waals surface area contributed by atoms with E-state index in [4.69, 9.17) is 14.2 Å². The van der Waals surface area contributed by atoms with Gasteiger partial charge >= 0.3 is 5.97 Å². The Labute approximate surface area is 123 Å². The second kappa shape index (κ2) is 6.74. The highest BCUT2D eigenvalue weighted by Gasteiger charge is 2.08. The molecule has 21 heavy (non-hydrogen) atoms. The van der Waals surface area contributed by atoms with Crippen molar-refractivity contribution in [3.8, 4) is 11.5 Å². The molecule has 0 aliphatic heterocycles. The van der Waals surface area contributed by atoms with Crippen LogP contribution >= 0.6 is 0 Å². The van der Waals surface area contributed by atoms with Crippen LogP contribution < -0.4 is 9.47 Å². The molecule has 0 atom stereocenters. The summed E-state index contributed by atoms with van der Waals surface area (Å²) in [5.41, 5.74) is 0.668. The predicted molar refractivity (Wildman–Crippen MR) is 80.5 cm³/mol. The number of hydrogen-bond donors (Lipinski definition) is 0. The monoisotopic (exact) mass is 287 g/mol. The van der Waals surface area contributed by atoms with Crippen LogP contribution in [0.2, 0.25) is 0 Å². The minimum atomic E-state index is -0.392. The number of esters is 1. The standard InChI is InChI=1S/C16H17NO4/c1-4-21-16(18)6-5-13-12-10-15(20-3)14(19-2)9-11(12)7-8-17-13/h5-10H,4H2,1-3H3/b6-5+. The molecule has 1 aromatic carbocycles. The van der Waals surface area contributed by atoms with E-state index >= 15 is 0 Å². The lowest BCUT2D eigenvalue weighted by atomic mass is 10.1. The maximum absolute atomic E-state index is 11.4. The fourth-order valence-corrected chi connectivity index (χ4v) is 1.99. The first kappa shape index (κ1) is 14.8. The van der Waals surface area contributed by atoms with Gasteiger partial charge in [0, 0.05) is 17.7 Å². The summed E-state index contributed by atoms with van der Waals surface area (Å²) in [5.74, 6) is 0.872. The molecule has 0 fully saturated rings. The maximum Gasteiger partial charge on any atom is 0.330 e. The van der Waals surface area contributed by atoms with E-state index in [0.717, 1.165) is 10.8 Å². The molecule has 0 saturated carbocycles. The topological polar surface area (TPSA) is 57.7 Å². The van der Waals surface area contributed by atoms with Gasteiger partial charge in [-0.2, -0.15) is 0 Å². The van der Waals surface area contributed by atoms with E-state index in [1.54, 1.807) is 33.4 Å². The Hall–Kier alpha value is -2.56. The number of ether oxygens (including phenoxy) is 3. The third kappa shape index (κ3) is 3.31. The summed E-state index contributed by atoms with van der Waals surface area (Å²) in [4.78, 5) is 15.7. The molecule has 0 unspecified atom stereocenters. The number of carbonyl (C=O) groups is 1. The molecule has 1 heterocycles. The third-order valence-electron chi connectivity index (χ3n) is 2.96. The Kier molecular flexibility index (Phi) is 4.77. The molecule has 0 saturated heterocycles. The largest absolute Gasteiger partial charge is 0.493 e. The second-order valence-electron chi connectivity index (χ2n) is 4.21. The van der Waals surface area contributed by atoms with Crippen LogP contribution in [-0.2, 0) is 9.53 Å². The van der Waals surface area contributed by atoms with Crippen LogP contribution in [0.1, 0.15) is 12.6 Å². The van der Waals surface area contributed by atoms with Crippen LogP contribution in [0.4, 0.5) is 0 Å². The zero-order valence-corrected chi connectivity index (χ0v) is 12.3. The second-order valence-corrected chi connectivity index (χ2v) is 4.21. The minimum Gasteiger partial charge on any atom is -0.493 e. The van der Waals surface area contributed by atoms with Crippen LogP contribution in [0.15, 0.2) is 30.5 Å². The van der Waals surface area contributed by atoms with E-state index in [1.165, 1.54) is 6.08 Å². The summed E-state index contributed by atoms with van der Waals surface area (Å²) < 4.78 is 15.4. The van der Waals surface area contributed by atoms with Gasteiger partial charge in [0.25, 0.3) is 0 Å². The molecule has 0 radical (unpaired) electrons. The summed E-state index contributed by atoms with van der Waals surface area (Å²) in [6, 6.07) is 5.59. The Balaban J connectivity index is 2.47. The maximum atomic E-state index is 11.4. The van der Waals surface area contributed by atoms with E-state index in [-0.39, 0.29) is 0 Å². The molecule has 0 aliphatic rings. The first-order valence-electron chi connectivity index (χ1n) is 6.55. The van der Waals surface area contributed by atoms with Gasteiger partial charge in [-0.3, -0.25) is 4.98 Å². The normalized spacial score (nSPS) is 10.8. The number of pyridine rings is 1. The highest BCUT2D eigenvalue weighted by atomic mass is 16.5. The average molecular weight is 287 g/mol. The third-order valence-corrected chi connectivity index (χ3v) is 2.96. The number of fused-ring (bicyclic) bond motifs is 1. The van der Waals surface area contributed by atoms with Crippen molar-refractivity contribution in [3.05, 3.63) is 36.2 Å². The van der Waals surface area contributed by atoms with Crippen molar-refractivity contribution in [3.63, 3.8) is 0 Å². The molecular weight excluding hydrogens is 270 g/mol. The van der Waals surface area contributed by atoms with Crippen molar-refractivity contribution in [1.29, 1.82) is 0 Å². The molecule has 1 aromatic heterocycles. The molecule has 0 bridgehead atoms. The van der Waals surface area contributed by atoms with Crippen molar-refractivity contribution in [1.82, 2.24) is 4.98 Å². The molecule has 5 heteroatoms. The molecule has 0 N–H and O–H groups in total. The summed E-state index contributed by atoms with van der Waals surface area (Å²) in [6.07, 6.45) is 4.67.